The number of benzene rings is 2. The van der Waals surface area contributed by atoms with Crippen LogP contribution < -0.4 is 5.73 Å². The van der Waals surface area contributed by atoms with Gasteiger partial charge in [0.2, 0.25) is 5.60 Å². The van der Waals surface area contributed by atoms with Crippen molar-refractivity contribution >= 4 is 27.2 Å². The smallest absolute Gasteiger partial charge is 0.399 e. The largest absolute Gasteiger partial charge is 0.428 e. The first-order valence-electron chi connectivity index (χ1n) is 7.17. The van der Waals surface area contributed by atoms with E-state index in [1.807, 2.05) is 0 Å². The summed E-state index contributed by atoms with van der Waals surface area (Å²) in [6, 6.07) is 9.30. The highest BCUT2D eigenvalue weighted by Crippen LogP contribution is 2.48. The van der Waals surface area contributed by atoms with Gasteiger partial charge in [0.15, 0.2) is 0 Å². The van der Waals surface area contributed by atoms with E-state index in [2.05, 4.69) is 4.98 Å². The van der Waals surface area contributed by atoms with Gasteiger partial charge in [-0.15, -0.1) is 11.3 Å². The van der Waals surface area contributed by atoms with Crippen molar-refractivity contribution in [3.63, 3.8) is 0 Å². The number of nitrogens with zero attached hydrogens (tertiary/aromatic N) is 1. The molecule has 0 aliphatic heterocycles. The minimum Gasteiger partial charge on any atom is -0.399 e. The van der Waals surface area contributed by atoms with Gasteiger partial charge in [-0.25, -0.2) is 4.98 Å². The number of thiazole rings is 1. The average Bonchev–Trinajstić information content (AvgIpc) is 2.95. The third kappa shape index (κ3) is 2.35. The molecule has 3 aromatic rings. The Hall–Kier alpha value is -2.12. The molecule has 0 fully saturated rings. The van der Waals surface area contributed by atoms with Crippen LogP contribution in [-0.4, -0.2) is 16.3 Å². The van der Waals surface area contributed by atoms with Crippen LogP contribution >= 0.6 is 11.3 Å². The number of aromatic nitrogens is 1. The molecule has 0 amide bonds. The van der Waals surface area contributed by atoms with Crippen LogP contribution in [0.1, 0.15) is 21.7 Å². The maximum Gasteiger partial charge on any atom is 0.428 e. The quantitative estimate of drug-likeness (QED) is 0.676. The number of aliphatic hydroxyl groups is 1. The molecule has 1 unspecified atom stereocenters. The first-order valence-corrected chi connectivity index (χ1v) is 7.99. The number of fused-ring (bicyclic) bond motifs is 1. The number of nitrogen functional groups attached to an aromatic ring is 1. The summed E-state index contributed by atoms with van der Waals surface area (Å²) in [6.45, 7) is 3.15. The summed E-state index contributed by atoms with van der Waals surface area (Å²) < 4.78 is 42.3. The van der Waals surface area contributed by atoms with Crippen LogP contribution in [0.4, 0.5) is 18.9 Å². The Kier molecular flexibility index (Phi) is 3.80. The van der Waals surface area contributed by atoms with Crippen LogP contribution in [0.5, 0.6) is 0 Å². The fraction of sp³-hybridized carbons (Fsp3) is 0.235. The highest BCUT2D eigenvalue weighted by molar-refractivity contribution is 7.18. The first kappa shape index (κ1) is 16.7. The summed E-state index contributed by atoms with van der Waals surface area (Å²) in [6.07, 6.45) is -4.92. The number of rotatable bonds is 2. The molecule has 0 bridgehead atoms. The Morgan fingerprint density at radius 2 is 1.71 bits per heavy atom. The average molecular weight is 352 g/mol. The van der Waals surface area contributed by atoms with E-state index in [1.54, 1.807) is 31.2 Å². The second kappa shape index (κ2) is 5.46. The third-order valence-electron chi connectivity index (χ3n) is 4.23. The van der Waals surface area contributed by atoms with Gasteiger partial charge in [-0.05, 0) is 43.2 Å². The fourth-order valence-electron chi connectivity index (χ4n) is 2.65. The molecule has 0 saturated carbocycles. The van der Waals surface area contributed by atoms with E-state index in [4.69, 9.17) is 5.73 Å². The standard InChI is InChI=1S/C17H15F3N2OS/c1-9-10(2)12(21)8-7-11(9)16(23,17(18,19)20)15-22-13-5-3-4-6-14(13)24-15/h3-8,23H,21H2,1-2H3. The predicted octanol–water partition coefficient (Wildman–Crippen LogP) is 4.29. The summed E-state index contributed by atoms with van der Waals surface area (Å²) in [5.74, 6) is 0. The number of para-hydroxylation sites is 1. The highest BCUT2D eigenvalue weighted by atomic mass is 32.1. The number of nitrogens with two attached hydrogens (primary N) is 1. The van der Waals surface area contributed by atoms with Crippen LogP contribution in [0.25, 0.3) is 10.2 Å². The number of alkyl halides is 3. The zero-order valence-electron chi connectivity index (χ0n) is 13.0. The van der Waals surface area contributed by atoms with Crippen molar-refractivity contribution in [1.82, 2.24) is 4.98 Å². The molecule has 1 atom stereocenters. The van der Waals surface area contributed by atoms with Crippen molar-refractivity contribution in [2.45, 2.75) is 25.6 Å². The molecule has 7 heteroatoms. The van der Waals surface area contributed by atoms with Crippen LogP contribution in [0, 0.1) is 13.8 Å². The lowest BCUT2D eigenvalue weighted by Gasteiger charge is -2.31. The monoisotopic (exact) mass is 352 g/mol. The molecule has 0 aliphatic carbocycles. The molecule has 1 aromatic heterocycles. The molecule has 1 heterocycles. The van der Waals surface area contributed by atoms with E-state index < -0.39 is 16.8 Å². The Labute approximate surface area is 140 Å². The Bertz CT molecular complexity index is 887. The lowest BCUT2D eigenvalue weighted by Crippen LogP contribution is -2.44. The second-order valence-electron chi connectivity index (χ2n) is 5.65. The number of hydrogen-bond donors (Lipinski definition) is 2. The van der Waals surface area contributed by atoms with Crippen molar-refractivity contribution in [2.75, 3.05) is 5.73 Å². The van der Waals surface area contributed by atoms with Gasteiger partial charge >= 0.3 is 6.18 Å². The molecule has 3 rings (SSSR count). The van der Waals surface area contributed by atoms with E-state index in [0.29, 0.717) is 27.0 Å². The Morgan fingerprint density at radius 3 is 2.33 bits per heavy atom. The zero-order chi connectivity index (χ0) is 17.7. The van der Waals surface area contributed by atoms with Gasteiger partial charge in [0.25, 0.3) is 0 Å². The van der Waals surface area contributed by atoms with Crippen molar-refractivity contribution in [3.05, 3.63) is 58.1 Å². The summed E-state index contributed by atoms with van der Waals surface area (Å²) in [4.78, 5) is 4.04. The van der Waals surface area contributed by atoms with Crippen LogP contribution in [0.15, 0.2) is 36.4 Å². The topological polar surface area (TPSA) is 59.1 Å². The maximum absolute atomic E-state index is 13.9. The van der Waals surface area contributed by atoms with Crippen LogP contribution in [-0.2, 0) is 5.60 Å². The van der Waals surface area contributed by atoms with Gasteiger partial charge in [0.05, 0.1) is 10.2 Å². The van der Waals surface area contributed by atoms with E-state index in [0.717, 1.165) is 11.3 Å². The fourth-order valence-corrected chi connectivity index (χ4v) is 3.74. The van der Waals surface area contributed by atoms with Gasteiger partial charge in [-0.2, -0.15) is 13.2 Å². The Morgan fingerprint density at radius 1 is 1.04 bits per heavy atom. The van der Waals surface area contributed by atoms with Gasteiger partial charge in [0, 0.05) is 11.3 Å². The minimum absolute atomic E-state index is 0.249. The molecule has 3 nitrogen and oxygen atoms in total. The lowest BCUT2D eigenvalue weighted by molar-refractivity contribution is -0.248. The van der Waals surface area contributed by atoms with Crippen molar-refractivity contribution in [1.29, 1.82) is 0 Å². The molecule has 126 valence electrons. The molecule has 0 saturated heterocycles. The third-order valence-corrected chi connectivity index (χ3v) is 5.38. The molecule has 3 N–H and O–H groups in total. The second-order valence-corrected chi connectivity index (χ2v) is 6.68. The van der Waals surface area contributed by atoms with Gasteiger partial charge in [0.1, 0.15) is 5.01 Å². The van der Waals surface area contributed by atoms with Gasteiger partial charge in [-0.3, -0.25) is 0 Å². The number of anilines is 1. The molecule has 0 aliphatic rings. The van der Waals surface area contributed by atoms with E-state index in [9.17, 15) is 18.3 Å². The normalized spacial score (nSPS) is 14.8. The molecular weight excluding hydrogens is 337 g/mol. The van der Waals surface area contributed by atoms with E-state index in [-0.39, 0.29) is 5.56 Å². The van der Waals surface area contributed by atoms with Crippen molar-refractivity contribution in [3.8, 4) is 0 Å². The van der Waals surface area contributed by atoms with Gasteiger partial charge in [-0.1, -0.05) is 18.2 Å². The van der Waals surface area contributed by atoms with Crippen LogP contribution in [0.3, 0.4) is 0 Å². The molecular formula is C17H15F3N2OS. The number of halogens is 3. The van der Waals surface area contributed by atoms with Crippen molar-refractivity contribution < 1.29 is 18.3 Å². The zero-order valence-corrected chi connectivity index (χ0v) is 13.8. The summed E-state index contributed by atoms with van der Waals surface area (Å²) in [7, 11) is 0. The highest BCUT2D eigenvalue weighted by Gasteiger charge is 2.59. The predicted molar refractivity (Wildman–Crippen MR) is 89.0 cm³/mol. The van der Waals surface area contributed by atoms with Crippen LogP contribution in [0.2, 0.25) is 0 Å². The SMILES string of the molecule is Cc1c(N)ccc(C(O)(c2nc3ccccc3s2)C(F)(F)F)c1C. The van der Waals surface area contributed by atoms with E-state index >= 15 is 0 Å². The number of hydrogen-bond acceptors (Lipinski definition) is 4. The first-order chi connectivity index (χ1) is 11.2. The Balaban J connectivity index is 2.32. The summed E-state index contributed by atoms with van der Waals surface area (Å²) in [5, 5.41) is 10.4. The summed E-state index contributed by atoms with van der Waals surface area (Å²) in [5.41, 5.74) is 3.95. The van der Waals surface area contributed by atoms with Gasteiger partial charge < -0.3 is 10.8 Å². The molecule has 0 spiro atoms. The lowest BCUT2D eigenvalue weighted by atomic mass is 9.87. The van der Waals surface area contributed by atoms with E-state index in [1.165, 1.54) is 19.1 Å². The molecule has 2 aromatic carbocycles. The maximum atomic E-state index is 13.9. The minimum atomic E-state index is -4.92. The molecule has 24 heavy (non-hydrogen) atoms. The van der Waals surface area contributed by atoms with Crippen molar-refractivity contribution in [2.24, 2.45) is 0 Å². The summed E-state index contributed by atoms with van der Waals surface area (Å²) >= 11 is 0.832. The molecule has 0 radical (unpaired) electrons.